The number of amides is 1. The van der Waals surface area contributed by atoms with E-state index >= 15 is 0 Å². The number of benzene rings is 2. The van der Waals surface area contributed by atoms with Crippen LogP contribution >= 0.6 is 23.1 Å². The second-order valence-corrected chi connectivity index (χ2v) is 7.98. The summed E-state index contributed by atoms with van der Waals surface area (Å²) in [5, 5.41) is 28.3. The molecule has 0 aliphatic carbocycles. The van der Waals surface area contributed by atoms with Gasteiger partial charge in [0.05, 0.1) is 23.5 Å². The highest BCUT2D eigenvalue weighted by molar-refractivity contribution is 8.00. The summed E-state index contributed by atoms with van der Waals surface area (Å²) in [6.07, 6.45) is 1.41. The van der Waals surface area contributed by atoms with Gasteiger partial charge in [0.1, 0.15) is 0 Å². The Morgan fingerprint density at radius 2 is 1.93 bits per heavy atom. The predicted molar refractivity (Wildman–Crippen MR) is 110 cm³/mol. The molecule has 2 aromatic carbocycles. The van der Waals surface area contributed by atoms with Crippen molar-refractivity contribution >= 4 is 34.1 Å². The minimum absolute atomic E-state index is 0.191. The van der Waals surface area contributed by atoms with Crippen molar-refractivity contribution in [2.75, 3.05) is 5.32 Å². The Morgan fingerprint density at radius 1 is 1.14 bits per heavy atom. The lowest BCUT2D eigenvalue weighted by Gasteiger charge is -1.99. The highest BCUT2D eigenvalue weighted by Crippen LogP contribution is 2.28. The Hall–Kier alpha value is -3.55. The van der Waals surface area contributed by atoms with Crippen LogP contribution in [0.5, 0.6) is 0 Å². The van der Waals surface area contributed by atoms with Crippen molar-refractivity contribution in [2.45, 2.75) is 10.1 Å². The molecule has 0 fully saturated rings. The normalized spacial score (nSPS) is 10.4. The molecule has 1 N–H and O–H groups in total. The quantitative estimate of drug-likeness (QED) is 0.376. The van der Waals surface area contributed by atoms with Crippen molar-refractivity contribution in [2.24, 2.45) is 0 Å². The van der Waals surface area contributed by atoms with E-state index in [0.29, 0.717) is 16.4 Å². The van der Waals surface area contributed by atoms with Gasteiger partial charge in [-0.05, 0) is 29.8 Å². The van der Waals surface area contributed by atoms with Crippen LogP contribution in [0.15, 0.2) is 65.1 Å². The zero-order chi connectivity index (χ0) is 20.1. The van der Waals surface area contributed by atoms with Crippen molar-refractivity contribution in [3.05, 3.63) is 77.6 Å². The lowest BCUT2D eigenvalue weighted by molar-refractivity contribution is 0.102. The number of hydrogen-bond donors (Lipinski definition) is 1. The maximum absolute atomic E-state index is 12.4. The molecule has 2 heterocycles. The van der Waals surface area contributed by atoms with E-state index in [2.05, 4.69) is 31.8 Å². The minimum atomic E-state index is -0.396. The van der Waals surface area contributed by atoms with Crippen LogP contribution in [0, 0.1) is 11.3 Å². The van der Waals surface area contributed by atoms with Gasteiger partial charge in [0.2, 0.25) is 5.13 Å². The number of hydrogen-bond acceptors (Lipinski definition) is 8. The third-order valence-corrected chi connectivity index (χ3v) is 5.83. The average Bonchev–Trinajstić information content (AvgIpc) is 3.43. The molecule has 0 aliphatic rings. The van der Waals surface area contributed by atoms with Crippen molar-refractivity contribution in [3.63, 3.8) is 0 Å². The molecule has 0 bridgehead atoms. The van der Waals surface area contributed by atoms with Crippen LogP contribution < -0.4 is 5.32 Å². The van der Waals surface area contributed by atoms with Gasteiger partial charge in [-0.3, -0.25) is 10.1 Å². The van der Waals surface area contributed by atoms with Crippen molar-refractivity contribution in [1.82, 2.24) is 25.2 Å². The largest absolute Gasteiger partial charge is 0.295 e. The highest BCUT2D eigenvalue weighted by atomic mass is 32.2. The molecule has 142 valence electrons. The average molecular weight is 419 g/mol. The topological polar surface area (TPSA) is 109 Å². The summed E-state index contributed by atoms with van der Waals surface area (Å²) in [4.78, 5) is 13.8. The van der Waals surface area contributed by atoms with Crippen molar-refractivity contribution in [1.29, 1.82) is 5.26 Å². The molecule has 0 radical (unpaired) electrons. The van der Waals surface area contributed by atoms with Gasteiger partial charge >= 0.3 is 0 Å². The summed E-state index contributed by atoms with van der Waals surface area (Å²) in [6, 6.07) is 18.8. The number of anilines is 1. The SMILES string of the molecule is N#Cc1ccc(CSc2nnc(NC(=O)c3cnn(-c4ccccc4)n3)s2)cc1. The van der Waals surface area contributed by atoms with E-state index in [1.165, 1.54) is 34.1 Å². The smallest absolute Gasteiger partial charge is 0.279 e. The van der Waals surface area contributed by atoms with Gasteiger partial charge < -0.3 is 0 Å². The fraction of sp³-hybridized carbons (Fsp3) is 0.0526. The number of nitrogens with one attached hydrogen (secondary N) is 1. The molecule has 0 saturated heterocycles. The third kappa shape index (κ3) is 4.66. The molecule has 0 saturated carbocycles. The van der Waals surface area contributed by atoms with Crippen LogP contribution in [-0.2, 0) is 5.75 Å². The lowest BCUT2D eigenvalue weighted by Crippen LogP contribution is -2.13. The van der Waals surface area contributed by atoms with E-state index in [0.717, 1.165) is 15.6 Å². The van der Waals surface area contributed by atoms with Crippen LogP contribution in [0.4, 0.5) is 5.13 Å². The number of rotatable bonds is 6. The minimum Gasteiger partial charge on any atom is -0.295 e. The molecule has 8 nitrogen and oxygen atoms in total. The van der Waals surface area contributed by atoms with Crippen LogP contribution in [0.25, 0.3) is 5.69 Å². The van der Waals surface area contributed by atoms with Crippen molar-refractivity contribution in [3.8, 4) is 11.8 Å². The standard InChI is InChI=1S/C19H13N7OS2/c20-10-13-6-8-14(9-7-13)12-28-19-24-23-18(29-19)22-17(27)16-11-21-26(25-16)15-4-2-1-3-5-15/h1-9,11H,12H2,(H,22,23,27). The number of aromatic nitrogens is 5. The third-order valence-electron chi connectivity index (χ3n) is 3.78. The van der Waals surface area contributed by atoms with Gasteiger partial charge in [0, 0.05) is 5.75 Å². The summed E-state index contributed by atoms with van der Waals surface area (Å²) in [5.74, 6) is 0.298. The summed E-state index contributed by atoms with van der Waals surface area (Å²) in [7, 11) is 0. The molecule has 0 spiro atoms. The van der Waals surface area contributed by atoms with E-state index < -0.39 is 5.91 Å². The summed E-state index contributed by atoms with van der Waals surface area (Å²) in [6.45, 7) is 0. The number of carbonyl (C=O) groups is 1. The molecule has 29 heavy (non-hydrogen) atoms. The molecule has 4 rings (SSSR count). The van der Waals surface area contributed by atoms with Gasteiger partial charge in [-0.2, -0.15) is 15.2 Å². The number of nitrogens with zero attached hydrogens (tertiary/aromatic N) is 6. The first-order chi connectivity index (χ1) is 14.2. The van der Waals surface area contributed by atoms with Crippen molar-refractivity contribution < 1.29 is 4.79 Å². The molecule has 10 heteroatoms. The Morgan fingerprint density at radius 3 is 2.69 bits per heavy atom. The first-order valence-corrected chi connectivity index (χ1v) is 10.3. The molecule has 0 atom stereocenters. The second kappa shape index (κ2) is 8.64. The molecular weight excluding hydrogens is 406 g/mol. The Kier molecular flexibility index (Phi) is 5.60. The second-order valence-electron chi connectivity index (χ2n) is 5.78. The van der Waals surface area contributed by atoms with Crippen LogP contribution in [0.1, 0.15) is 21.6 Å². The molecule has 2 aromatic heterocycles. The lowest BCUT2D eigenvalue weighted by atomic mass is 10.2. The summed E-state index contributed by atoms with van der Waals surface area (Å²) in [5.41, 5.74) is 2.66. The van der Waals surface area contributed by atoms with Gasteiger partial charge in [-0.1, -0.05) is 53.4 Å². The molecule has 0 unspecified atom stereocenters. The first-order valence-electron chi connectivity index (χ1n) is 8.46. The van der Waals surface area contributed by atoms with Gasteiger partial charge in [0.25, 0.3) is 5.91 Å². The zero-order valence-corrected chi connectivity index (χ0v) is 16.5. The van der Waals surface area contributed by atoms with E-state index in [9.17, 15) is 4.79 Å². The fourth-order valence-corrected chi connectivity index (χ4v) is 4.06. The van der Waals surface area contributed by atoms with E-state index in [1.54, 1.807) is 12.1 Å². The number of para-hydroxylation sites is 1. The summed E-state index contributed by atoms with van der Waals surface area (Å²) < 4.78 is 0.734. The van der Waals surface area contributed by atoms with E-state index in [4.69, 9.17) is 5.26 Å². The zero-order valence-electron chi connectivity index (χ0n) is 14.9. The van der Waals surface area contributed by atoms with E-state index in [-0.39, 0.29) is 5.69 Å². The van der Waals surface area contributed by atoms with Gasteiger partial charge in [0.15, 0.2) is 10.0 Å². The number of carbonyl (C=O) groups excluding carboxylic acids is 1. The summed E-state index contributed by atoms with van der Waals surface area (Å²) >= 11 is 2.80. The maximum Gasteiger partial charge on any atom is 0.279 e. The molecule has 1 amide bonds. The number of thioether (sulfide) groups is 1. The van der Waals surface area contributed by atoms with Crippen LogP contribution in [0.3, 0.4) is 0 Å². The maximum atomic E-state index is 12.4. The van der Waals surface area contributed by atoms with E-state index in [1.807, 2.05) is 42.5 Å². The Labute approximate surface area is 174 Å². The van der Waals surface area contributed by atoms with Crippen LogP contribution in [0.2, 0.25) is 0 Å². The Bertz CT molecular complexity index is 1160. The van der Waals surface area contributed by atoms with Gasteiger partial charge in [-0.25, -0.2) is 0 Å². The van der Waals surface area contributed by atoms with Crippen LogP contribution in [-0.4, -0.2) is 31.1 Å². The molecule has 4 aromatic rings. The molecule has 0 aliphatic heterocycles. The molecular formula is C19H13N7OS2. The van der Waals surface area contributed by atoms with Gasteiger partial charge in [-0.15, -0.1) is 15.3 Å². The highest BCUT2D eigenvalue weighted by Gasteiger charge is 2.14. The first kappa shape index (κ1) is 18.8. The Balaban J connectivity index is 1.35. The fourth-order valence-electron chi connectivity index (χ4n) is 2.35. The predicted octanol–water partition coefficient (Wildman–Crippen LogP) is 3.54. The monoisotopic (exact) mass is 419 g/mol. The number of nitriles is 1.